The maximum Gasteiger partial charge on any atom is 0.223 e. The van der Waals surface area contributed by atoms with Crippen LogP contribution in [0.15, 0.2) is 30.6 Å². The van der Waals surface area contributed by atoms with Crippen molar-refractivity contribution in [3.63, 3.8) is 0 Å². The van der Waals surface area contributed by atoms with Crippen LogP contribution in [0.1, 0.15) is 64.6 Å². The number of nitrogens with zero attached hydrogens (tertiary/aromatic N) is 4. The van der Waals surface area contributed by atoms with E-state index in [2.05, 4.69) is 94.5 Å². The standard InChI is InChI=1S/C31H47N5O4Si2/c1-20-14-12-13-15-21(20)16-17-22-24-27(35-29(32)34-22)36(19-33-24)28-25(37)26(40-42(10,11)31(5,6)7)23(39-28)18-38-41(8,9)30(2,3)4/h12-15,19,23,25-26,28,37H,18H2,1-11H3,(H2,32,34,35)/t23-,25-,26-,28-/m1/s1. The highest BCUT2D eigenvalue weighted by Crippen LogP contribution is 2.43. The van der Waals surface area contributed by atoms with Crippen molar-refractivity contribution in [2.45, 2.75) is 109 Å². The fourth-order valence-corrected chi connectivity index (χ4v) is 6.64. The van der Waals surface area contributed by atoms with Gasteiger partial charge in [-0.2, -0.15) is 4.98 Å². The molecule has 1 aliphatic rings. The lowest BCUT2D eigenvalue weighted by Crippen LogP contribution is -2.51. The first-order valence-corrected chi connectivity index (χ1v) is 20.4. The first-order valence-electron chi connectivity index (χ1n) is 14.6. The fraction of sp³-hybridized carbons (Fsp3) is 0.581. The summed E-state index contributed by atoms with van der Waals surface area (Å²) in [7, 11) is -4.36. The van der Waals surface area contributed by atoms with Gasteiger partial charge in [0.05, 0.1) is 12.9 Å². The first kappa shape index (κ1) is 32.3. The largest absolute Gasteiger partial charge is 0.414 e. The maximum absolute atomic E-state index is 11.8. The summed E-state index contributed by atoms with van der Waals surface area (Å²) in [6.45, 7) is 24.3. The van der Waals surface area contributed by atoms with Gasteiger partial charge in [0.1, 0.15) is 29.5 Å². The molecular formula is C31H47N5O4Si2. The lowest BCUT2D eigenvalue weighted by molar-refractivity contribution is -0.0487. The van der Waals surface area contributed by atoms with Crippen LogP contribution in [0.2, 0.25) is 36.3 Å². The third-order valence-electron chi connectivity index (χ3n) is 9.13. The number of anilines is 1. The van der Waals surface area contributed by atoms with Crippen LogP contribution in [0.25, 0.3) is 11.2 Å². The second kappa shape index (κ2) is 11.5. The summed E-state index contributed by atoms with van der Waals surface area (Å²) >= 11 is 0. The van der Waals surface area contributed by atoms with Gasteiger partial charge in [-0.15, -0.1) is 0 Å². The summed E-state index contributed by atoms with van der Waals surface area (Å²) in [5.41, 5.74) is 9.45. The number of rotatable bonds is 6. The van der Waals surface area contributed by atoms with Crippen molar-refractivity contribution >= 4 is 33.7 Å². The zero-order valence-electron chi connectivity index (χ0n) is 26.9. The van der Waals surface area contributed by atoms with Gasteiger partial charge in [0.2, 0.25) is 5.95 Å². The Balaban J connectivity index is 1.71. The predicted molar refractivity (Wildman–Crippen MR) is 172 cm³/mol. The Hall–Kier alpha value is -2.60. The van der Waals surface area contributed by atoms with E-state index in [0.29, 0.717) is 23.5 Å². The van der Waals surface area contributed by atoms with Crippen molar-refractivity contribution in [3.05, 3.63) is 47.4 Å². The summed E-state index contributed by atoms with van der Waals surface area (Å²) in [5.74, 6) is 6.37. The van der Waals surface area contributed by atoms with Crippen LogP contribution in [0.3, 0.4) is 0 Å². The molecule has 42 heavy (non-hydrogen) atoms. The van der Waals surface area contributed by atoms with E-state index in [4.69, 9.17) is 19.3 Å². The van der Waals surface area contributed by atoms with Crippen LogP contribution in [-0.4, -0.2) is 66.2 Å². The van der Waals surface area contributed by atoms with E-state index in [1.807, 2.05) is 31.2 Å². The molecule has 1 saturated heterocycles. The molecule has 0 radical (unpaired) electrons. The Labute approximate surface area is 252 Å². The van der Waals surface area contributed by atoms with E-state index in [-0.39, 0.29) is 16.0 Å². The number of aromatic nitrogens is 4. The smallest absolute Gasteiger partial charge is 0.223 e. The molecule has 4 atom stereocenters. The Bertz CT molecular complexity index is 1500. The van der Waals surface area contributed by atoms with Crippen molar-refractivity contribution in [1.29, 1.82) is 0 Å². The van der Waals surface area contributed by atoms with Crippen LogP contribution in [0.4, 0.5) is 5.95 Å². The minimum atomic E-state index is -2.27. The number of nitrogen functional groups attached to an aromatic ring is 1. The van der Waals surface area contributed by atoms with Crippen molar-refractivity contribution in [2.75, 3.05) is 12.3 Å². The third-order valence-corrected chi connectivity index (χ3v) is 18.1. The van der Waals surface area contributed by atoms with Gasteiger partial charge < -0.3 is 24.4 Å². The van der Waals surface area contributed by atoms with Crippen molar-refractivity contribution in [2.24, 2.45) is 0 Å². The predicted octanol–water partition coefficient (Wildman–Crippen LogP) is 5.79. The summed E-state index contributed by atoms with van der Waals surface area (Å²) in [5, 5.41) is 11.7. The molecule has 0 unspecified atom stereocenters. The molecule has 228 valence electrons. The van der Waals surface area contributed by atoms with E-state index < -0.39 is 41.2 Å². The fourth-order valence-electron chi connectivity index (χ4n) is 4.30. The van der Waals surface area contributed by atoms with E-state index in [0.717, 1.165) is 11.1 Å². The SMILES string of the molecule is Cc1ccccc1C#Cc1nc(N)nc2c1ncn2[C@@H]1O[C@H](CO[Si](C)(C)C(C)(C)C)[C@@H](O[Si](C)(C)C(C)(C)C)[C@H]1O. The Morgan fingerprint density at radius 1 is 1.00 bits per heavy atom. The lowest BCUT2D eigenvalue weighted by atomic mass is 10.1. The van der Waals surface area contributed by atoms with E-state index in [9.17, 15) is 5.11 Å². The molecule has 3 heterocycles. The molecule has 0 spiro atoms. The molecule has 0 saturated carbocycles. The zero-order valence-corrected chi connectivity index (χ0v) is 28.9. The number of fused-ring (bicyclic) bond motifs is 1. The summed E-state index contributed by atoms with van der Waals surface area (Å²) in [6, 6.07) is 7.89. The molecule has 9 nitrogen and oxygen atoms in total. The number of hydrogen-bond acceptors (Lipinski definition) is 8. The molecule has 0 bridgehead atoms. The van der Waals surface area contributed by atoms with Gasteiger partial charge >= 0.3 is 0 Å². The van der Waals surface area contributed by atoms with Gasteiger partial charge in [-0.1, -0.05) is 65.7 Å². The molecule has 3 aromatic rings. The normalized spacial score (nSPS) is 21.9. The first-order chi connectivity index (χ1) is 19.3. The molecule has 11 heteroatoms. The van der Waals surface area contributed by atoms with Crippen LogP contribution < -0.4 is 5.73 Å². The van der Waals surface area contributed by atoms with Crippen LogP contribution in [0.5, 0.6) is 0 Å². The van der Waals surface area contributed by atoms with Gasteiger partial charge in [-0.3, -0.25) is 4.57 Å². The minimum absolute atomic E-state index is 0.0319. The Kier molecular flexibility index (Phi) is 8.84. The number of benzene rings is 1. The number of aliphatic hydroxyl groups excluding tert-OH is 1. The highest BCUT2D eigenvalue weighted by Gasteiger charge is 2.51. The summed E-state index contributed by atoms with van der Waals surface area (Å²) in [4.78, 5) is 13.4. The van der Waals surface area contributed by atoms with Crippen LogP contribution in [-0.2, 0) is 13.6 Å². The molecule has 3 N–H and O–H groups in total. The number of nitrogens with two attached hydrogens (primary N) is 1. The minimum Gasteiger partial charge on any atom is -0.414 e. The second-order valence-corrected chi connectivity index (χ2v) is 23.9. The zero-order chi connectivity index (χ0) is 31.3. The molecule has 1 aliphatic heterocycles. The van der Waals surface area contributed by atoms with Gasteiger partial charge in [0.25, 0.3) is 0 Å². The van der Waals surface area contributed by atoms with Gasteiger partial charge in [0, 0.05) is 5.56 Å². The number of aliphatic hydroxyl groups is 1. The average Bonchev–Trinajstić information content (AvgIpc) is 3.41. The van der Waals surface area contributed by atoms with E-state index >= 15 is 0 Å². The van der Waals surface area contributed by atoms with Crippen LogP contribution in [0, 0.1) is 18.8 Å². The highest BCUT2D eigenvalue weighted by molar-refractivity contribution is 6.74. The summed E-state index contributed by atoms with van der Waals surface area (Å²) in [6.07, 6.45) is -1.25. The third kappa shape index (κ3) is 6.49. The van der Waals surface area contributed by atoms with Gasteiger partial charge in [-0.25, -0.2) is 9.97 Å². The number of imidazole rings is 1. The van der Waals surface area contributed by atoms with E-state index in [1.165, 1.54) is 0 Å². The molecule has 1 aromatic carbocycles. The average molecular weight is 610 g/mol. The van der Waals surface area contributed by atoms with Crippen molar-refractivity contribution in [1.82, 2.24) is 19.5 Å². The Morgan fingerprint density at radius 2 is 1.64 bits per heavy atom. The molecule has 2 aromatic heterocycles. The molecule has 4 rings (SSSR count). The number of ether oxygens (including phenoxy) is 1. The van der Waals surface area contributed by atoms with E-state index in [1.54, 1.807) is 10.9 Å². The Morgan fingerprint density at radius 3 is 2.26 bits per heavy atom. The van der Waals surface area contributed by atoms with Crippen LogP contribution >= 0.6 is 0 Å². The number of hydrogen-bond donors (Lipinski definition) is 2. The molecule has 1 fully saturated rings. The topological polar surface area (TPSA) is 118 Å². The summed E-state index contributed by atoms with van der Waals surface area (Å²) < 4.78 is 21.7. The van der Waals surface area contributed by atoms with Gasteiger partial charge in [-0.05, 0) is 60.7 Å². The second-order valence-electron chi connectivity index (χ2n) is 14.3. The van der Waals surface area contributed by atoms with Crippen molar-refractivity contribution in [3.8, 4) is 11.8 Å². The number of aryl methyl sites for hydroxylation is 1. The highest BCUT2D eigenvalue weighted by atomic mass is 28.4. The molecular weight excluding hydrogens is 563 g/mol. The molecule has 0 amide bonds. The van der Waals surface area contributed by atoms with Crippen molar-refractivity contribution < 1.29 is 18.7 Å². The maximum atomic E-state index is 11.8. The lowest BCUT2D eigenvalue weighted by Gasteiger charge is -2.41. The van der Waals surface area contributed by atoms with Gasteiger partial charge in [0.15, 0.2) is 28.5 Å². The quantitative estimate of drug-likeness (QED) is 0.267. The molecule has 0 aliphatic carbocycles. The monoisotopic (exact) mass is 609 g/mol.